The number of aromatic nitrogens is 4. The van der Waals surface area contributed by atoms with Crippen LogP contribution in [0.2, 0.25) is 0 Å². The number of carbonyl (C=O) groups is 1. The van der Waals surface area contributed by atoms with Gasteiger partial charge in [0, 0.05) is 56.5 Å². The van der Waals surface area contributed by atoms with Crippen LogP contribution in [0.15, 0.2) is 12.4 Å². The molecule has 1 fully saturated rings. The highest BCUT2D eigenvalue weighted by molar-refractivity contribution is 5.94. The molecule has 0 spiro atoms. The Bertz CT molecular complexity index is 835. The number of ether oxygens (including phenoxy) is 1. The van der Waals surface area contributed by atoms with Gasteiger partial charge in [0.15, 0.2) is 5.69 Å². The van der Waals surface area contributed by atoms with Crippen LogP contribution < -0.4 is 0 Å². The van der Waals surface area contributed by atoms with Crippen molar-refractivity contribution in [2.75, 3.05) is 19.7 Å². The maximum Gasteiger partial charge on any atom is 0.274 e. The Hall–Kier alpha value is -2.15. The summed E-state index contributed by atoms with van der Waals surface area (Å²) in [5.74, 6) is 0.305. The molecule has 0 aliphatic carbocycles. The fraction of sp³-hybridized carbons (Fsp3) is 0.632. The third-order valence-corrected chi connectivity index (χ3v) is 5.76. The van der Waals surface area contributed by atoms with Crippen LogP contribution in [0.1, 0.15) is 54.0 Å². The van der Waals surface area contributed by atoms with E-state index >= 15 is 0 Å². The monoisotopic (exact) mass is 357 g/mol. The summed E-state index contributed by atoms with van der Waals surface area (Å²) in [6, 6.07) is 0. The maximum absolute atomic E-state index is 13.3. The Morgan fingerprint density at radius 2 is 2.23 bits per heavy atom. The van der Waals surface area contributed by atoms with E-state index in [1.165, 1.54) is 5.56 Å². The molecule has 1 atom stereocenters. The largest absolute Gasteiger partial charge is 0.376 e. The molecule has 2 aromatic rings. The van der Waals surface area contributed by atoms with Gasteiger partial charge >= 0.3 is 0 Å². The molecular weight excluding hydrogens is 330 g/mol. The molecular formula is C19H27N5O2. The topological polar surface area (TPSA) is 65.2 Å². The van der Waals surface area contributed by atoms with Crippen LogP contribution in [-0.4, -0.2) is 50.1 Å². The van der Waals surface area contributed by atoms with Crippen molar-refractivity contribution in [3.05, 3.63) is 34.9 Å². The summed E-state index contributed by atoms with van der Waals surface area (Å²) >= 11 is 0. The molecule has 0 saturated carbocycles. The Labute approximate surface area is 153 Å². The highest BCUT2D eigenvalue weighted by Gasteiger charge is 2.43. The molecule has 4 heterocycles. The van der Waals surface area contributed by atoms with Crippen molar-refractivity contribution in [1.82, 2.24) is 24.5 Å². The molecule has 0 N–H and O–H groups in total. The summed E-state index contributed by atoms with van der Waals surface area (Å²) in [4.78, 5) is 15.2. The fourth-order valence-electron chi connectivity index (χ4n) is 4.36. The smallest absolute Gasteiger partial charge is 0.274 e. The summed E-state index contributed by atoms with van der Waals surface area (Å²) in [6.45, 7) is 9.90. The number of hydrogen-bond acceptors (Lipinski definition) is 4. The van der Waals surface area contributed by atoms with Crippen LogP contribution in [-0.2, 0) is 31.4 Å². The molecule has 2 aliphatic rings. The van der Waals surface area contributed by atoms with Crippen molar-refractivity contribution in [3.63, 3.8) is 0 Å². The Morgan fingerprint density at radius 3 is 2.92 bits per heavy atom. The van der Waals surface area contributed by atoms with E-state index in [1.54, 1.807) is 0 Å². The zero-order valence-electron chi connectivity index (χ0n) is 16.0. The first kappa shape index (κ1) is 17.3. The number of amides is 1. The van der Waals surface area contributed by atoms with Crippen molar-refractivity contribution in [2.24, 2.45) is 12.5 Å². The lowest BCUT2D eigenvalue weighted by molar-refractivity contribution is 0.0758. The number of fused-ring (bicyclic) bond motifs is 1. The van der Waals surface area contributed by atoms with E-state index in [9.17, 15) is 4.79 Å². The Kier molecular flexibility index (Phi) is 4.14. The number of likely N-dealkylation sites (tertiary alicyclic amines) is 1. The lowest BCUT2D eigenvalue weighted by Crippen LogP contribution is -2.31. The molecule has 1 amide bonds. The van der Waals surface area contributed by atoms with E-state index in [4.69, 9.17) is 4.74 Å². The second-order valence-corrected chi connectivity index (χ2v) is 8.07. The fourth-order valence-corrected chi connectivity index (χ4v) is 4.36. The van der Waals surface area contributed by atoms with Crippen LogP contribution in [0, 0.1) is 5.41 Å². The molecule has 2 aliphatic heterocycles. The van der Waals surface area contributed by atoms with Gasteiger partial charge in [0.2, 0.25) is 0 Å². The number of rotatable bonds is 3. The standard InChI is InChI=1S/C19H27N5O2/c1-5-24-16-6-7-26-11-14(16)17(21-24)18(25)23-10-15(19(2,3)12-23)13-8-20-22(4)9-13/h8-9,15H,5-7,10-12H2,1-4H3. The van der Waals surface area contributed by atoms with Crippen molar-refractivity contribution >= 4 is 5.91 Å². The van der Waals surface area contributed by atoms with Crippen molar-refractivity contribution in [1.29, 1.82) is 0 Å². The van der Waals surface area contributed by atoms with Gasteiger partial charge in [-0.25, -0.2) is 0 Å². The first-order chi connectivity index (χ1) is 12.4. The van der Waals surface area contributed by atoms with Gasteiger partial charge < -0.3 is 9.64 Å². The molecule has 0 radical (unpaired) electrons. The van der Waals surface area contributed by atoms with Crippen LogP contribution in [0.4, 0.5) is 0 Å². The van der Waals surface area contributed by atoms with Crippen LogP contribution in [0.5, 0.6) is 0 Å². The van der Waals surface area contributed by atoms with Gasteiger partial charge in [-0.05, 0) is 17.9 Å². The van der Waals surface area contributed by atoms with E-state index in [0.717, 1.165) is 30.8 Å². The zero-order chi connectivity index (χ0) is 18.5. The van der Waals surface area contributed by atoms with Gasteiger partial charge in [-0.2, -0.15) is 10.2 Å². The minimum absolute atomic E-state index is 0.00256. The van der Waals surface area contributed by atoms with E-state index in [-0.39, 0.29) is 17.2 Å². The van der Waals surface area contributed by atoms with Crippen molar-refractivity contribution in [3.8, 4) is 0 Å². The molecule has 7 heteroatoms. The molecule has 2 aromatic heterocycles. The number of aryl methyl sites for hydroxylation is 2. The van der Waals surface area contributed by atoms with Crippen molar-refractivity contribution in [2.45, 2.75) is 46.3 Å². The molecule has 7 nitrogen and oxygen atoms in total. The Balaban J connectivity index is 1.63. The summed E-state index contributed by atoms with van der Waals surface area (Å²) in [7, 11) is 1.93. The Morgan fingerprint density at radius 1 is 1.42 bits per heavy atom. The predicted octanol–water partition coefficient (Wildman–Crippen LogP) is 1.97. The third kappa shape index (κ3) is 2.74. The first-order valence-electron chi connectivity index (χ1n) is 9.35. The summed E-state index contributed by atoms with van der Waals surface area (Å²) in [5, 5.41) is 8.94. The summed E-state index contributed by atoms with van der Waals surface area (Å²) in [5.41, 5.74) is 3.90. The molecule has 1 saturated heterocycles. The average Bonchev–Trinajstić information content (AvgIpc) is 3.29. The van der Waals surface area contributed by atoms with E-state index < -0.39 is 0 Å². The second kappa shape index (κ2) is 6.23. The van der Waals surface area contributed by atoms with E-state index in [1.807, 2.05) is 27.5 Å². The molecule has 0 aromatic carbocycles. The number of hydrogen-bond donors (Lipinski definition) is 0. The number of nitrogens with zero attached hydrogens (tertiary/aromatic N) is 5. The summed E-state index contributed by atoms with van der Waals surface area (Å²) in [6.07, 6.45) is 4.80. The molecule has 0 bridgehead atoms. The van der Waals surface area contributed by atoms with E-state index in [2.05, 4.69) is 37.2 Å². The lowest BCUT2D eigenvalue weighted by Gasteiger charge is -2.24. The van der Waals surface area contributed by atoms with Gasteiger partial charge in [-0.15, -0.1) is 0 Å². The molecule has 4 rings (SSSR count). The zero-order valence-corrected chi connectivity index (χ0v) is 16.0. The highest BCUT2D eigenvalue weighted by Crippen LogP contribution is 2.42. The highest BCUT2D eigenvalue weighted by atomic mass is 16.5. The van der Waals surface area contributed by atoms with E-state index in [0.29, 0.717) is 25.5 Å². The quantitative estimate of drug-likeness (QED) is 0.842. The number of carbonyl (C=O) groups excluding carboxylic acids is 1. The first-order valence-corrected chi connectivity index (χ1v) is 9.35. The SMILES string of the molecule is CCn1nc(C(=O)N2CC(c3cnn(C)c3)C(C)(C)C2)c2c1CCOC2. The summed E-state index contributed by atoms with van der Waals surface area (Å²) < 4.78 is 9.40. The van der Waals surface area contributed by atoms with Gasteiger partial charge in [-0.3, -0.25) is 14.2 Å². The third-order valence-electron chi connectivity index (χ3n) is 5.76. The second-order valence-electron chi connectivity index (χ2n) is 8.07. The normalized spacial score (nSPS) is 21.8. The molecule has 140 valence electrons. The van der Waals surface area contributed by atoms with Gasteiger partial charge in [0.05, 0.1) is 19.4 Å². The van der Waals surface area contributed by atoms with Crippen LogP contribution in [0.3, 0.4) is 0 Å². The molecule has 26 heavy (non-hydrogen) atoms. The van der Waals surface area contributed by atoms with Gasteiger partial charge in [0.25, 0.3) is 5.91 Å². The van der Waals surface area contributed by atoms with Gasteiger partial charge in [0.1, 0.15) is 0 Å². The average molecular weight is 357 g/mol. The minimum Gasteiger partial charge on any atom is -0.376 e. The van der Waals surface area contributed by atoms with Crippen molar-refractivity contribution < 1.29 is 9.53 Å². The predicted molar refractivity (Wildman–Crippen MR) is 96.9 cm³/mol. The minimum atomic E-state index is 0.00256. The van der Waals surface area contributed by atoms with Crippen LogP contribution in [0.25, 0.3) is 0 Å². The van der Waals surface area contributed by atoms with Crippen LogP contribution >= 0.6 is 0 Å². The van der Waals surface area contributed by atoms with Gasteiger partial charge in [-0.1, -0.05) is 13.8 Å². The molecule has 1 unspecified atom stereocenters. The maximum atomic E-state index is 13.3. The lowest BCUT2D eigenvalue weighted by atomic mass is 9.79.